The predicted octanol–water partition coefficient (Wildman–Crippen LogP) is 3.13. The molecule has 2 nitrogen and oxygen atoms in total. The van der Waals surface area contributed by atoms with Crippen molar-refractivity contribution in [3.05, 3.63) is 24.3 Å². The van der Waals surface area contributed by atoms with Gasteiger partial charge < -0.3 is 4.57 Å². The summed E-state index contributed by atoms with van der Waals surface area (Å²) in [7, 11) is 0. The molecule has 0 atom stereocenters. The molecule has 0 saturated carbocycles. The molecule has 0 fully saturated rings. The number of thiol groups is 1. The zero-order valence-corrected chi connectivity index (χ0v) is 9.17. The van der Waals surface area contributed by atoms with E-state index in [4.69, 9.17) is 0 Å². The summed E-state index contributed by atoms with van der Waals surface area (Å²) in [6.07, 6.45) is 2.37. The summed E-state index contributed by atoms with van der Waals surface area (Å²) in [5.41, 5.74) is 2.22. The van der Waals surface area contributed by atoms with Crippen molar-refractivity contribution in [1.29, 1.82) is 0 Å². The molecule has 0 saturated heterocycles. The van der Waals surface area contributed by atoms with E-state index in [2.05, 4.69) is 35.2 Å². The molecule has 74 valence electrons. The molecule has 0 radical (unpaired) electrons. The van der Waals surface area contributed by atoms with Crippen molar-refractivity contribution in [2.45, 2.75) is 31.5 Å². The number of para-hydroxylation sites is 2. The van der Waals surface area contributed by atoms with Gasteiger partial charge in [-0.15, -0.1) is 12.6 Å². The number of imidazole rings is 1. The number of rotatable bonds is 3. The number of aryl methyl sites for hydroxylation is 1. The standard InChI is InChI=1S/C11H14N2S/c1-2-3-8-13-10-7-5-4-6-9(10)12-11(13)14/h4-7H,2-3,8H2,1H3,(H,12,14). The van der Waals surface area contributed by atoms with E-state index in [1.54, 1.807) is 0 Å². The second-order valence-corrected chi connectivity index (χ2v) is 3.81. The summed E-state index contributed by atoms with van der Waals surface area (Å²) < 4.78 is 2.17. The van der Waals surface area contributed by atoms with Crippen molar-refractivity contribution in [3.8, 4) is 0 Å². The third-order valence-corrected chi connectivity index (χ3v) is 2.71. The number of benzene rings is 1. The molecule has 0 unspecified atom stereocenters. The molecule has 2 rings (SSSR count). The van der Waals surface area contributed by atoms with E-state index in [1.165, 1.54) is 18.4 Å². The van der Waals surface area contributed by atoms with E-state index in [0.717, 1.165) is 17.2 Å². The topological polar surface area (TPSA) is 17.8 Å². The molecule has 0 aliphatic heterocycles. The summed E-state index contributed by atoms with van der Waals surface area (Å²) in [6, 6.07) is 8.17. The predicted molar refractivity (Wildman–Crippen MR) is 61.9 cm³/mol. The highest BCUT2D eigenvalue weighted by Gasteiger charge is 2.05. The van der Waals surface area contributed by atoms with Crippen molar-refractivity contribution < 1.29 is 0 Å². The summed E-state index contributed by atoms with van der Waals surface area (Å²) in [4.78, 5) is 4.39. The SMILES string of the molecule is CCCCn1c(S)nc2ccccc21. The fraction of sp³-hybridized carbons (Fsp3) is 0.364. The molecule has 0 amide bonds. The number of hydrogen-bond acceptors (Lipinski definition) is 2. The van der Waals surface area contributed by atoms with Gasteiger partial charge in [-0.05, 0) is 18.6 Å². The lowest BCUT2D eigenvalue weighted by molar-refractivity contribution is 0.603. The number of aromatic nitrogens is 2. The van der Waals surface area contributed by atoms with Gasteiger partial charge in [0.25, 0.3) is 0 Å². The summed E-state index contributed by atoms with van der Waals surface area (Å²) in [5, 5.41) is 0.819. The molecule has 2 aromatic rings. The van der Waals surface area contributed by atoms with Gasteiger partial charge in [0.2, 0.25) is 0 Å². The van der Waals surface area contributed by atoms with Crippen molar-refractivity contribution >= 4 is 23.7 Å². The fourth-order valence-electron chi connectivity index (χ4n) is 1.60. The fourth-order valence-corrected chi connectivity index (χ4v) is 1.91. The van der Waals surface area contributed by atoms with E-state index < -0.39 is 0 Å². The Hall–Kier alpha value is -0.960. The van der Waals surface area contributed by atoms with Gasteiger partial charge in [0, 0.05) is 6.54 Å². The van der Waals surface area contributed by atoms with Crippen LogP contribution in [-0.4, -0.2) is 9.55 Å². The van der Waals surface area contributed by atoms with Crippen molar-refractivity contribution in [2.24, 2.45) is 0 Å². The van der Waals surface area contributed by atoms with Gasteiger partial charge in [0.1, 0.15) is 0 Å². The monoisotopic (exact) mass is 206 g/mol. The molecular weight excluding hydrogens is 192 g/mol. The first-order valence-electron chi connectivity index (χ1n) is 4.97. The molecule has 1 aromatic heterocycles. The van der Waals surface area contributed by atoms with E-state index in [0.29, 0.717) is 0 Å². The highest BCUT2D eigenvalue weighted by molar-refractivity contribution is 7.80. The minimum Gasteiger partial charge on any atom is -0.319 e. The molecule has 3 heteroatoms. The first-order valence-corrected chi connectivity index (χ1v) is 5.42. The van der Waals surface area contributed by atoms with Crippen LogP contribution in [0.3, 0.4) is 0 Å². The van der Waals surface area contributed by atoms with Crippen LogP contribution < -0.4 is 0 Å². The molecule has 0 N–H and O–H groups in total. The maximum atomic E-state index is 4.39. The smallest absolute Gasteiger partial charge is 0.165 e. The van der Waals surface area contributed by atoms with Gasteiger partial charge >= 0.3 is 0 Å². The van der Waals surface area contributed by atoms with E-state index in [1.807, 2.05) is 18.2 Å². The van der Waals surface area contributed by atoms with Crippen LogP contribution in [0.5, 0.6) is 0 Å². The zero-order valence-electron chi connectivity index (χ0n) is 8.27. The van der Waals surface area contributed by atoms with Crippen LogP contribution in [-0.2, 0) is 6.54 Å². The average Bonchev–Trinajstić information content (AvgIpc) is 2.51. The number of fused-ring (bicyclic) bond motifs is 1. The Morgan fingerprint density at radius 2 is 2.14 bits per heavy atom. The van der Waals surface area contributed by atoms with Crippen LogP contribution >= 0.6 is 12.6 Å². The highest BCUT2D eigenvalue weighted by atomic mass is 32.1. The minimum absolute atomic E-state index is 0.819. The van der Waals surface area contributed by atoms with Crippen LogP contribution in [0.1, 0.15) is 19.8 Å². The maximum absolute atomic E-state index is 4.39. The third-order valence-electron chi connectivity index (χ3n) is 2.37. The quantitative estimate of drug-likeness (QED) is 0.764. The lowest BCUT2D eigenvalue weighted by Crippen LogP contribution is -1.97. The Labute approximate surface area is 89.4 Å². The highest BCUT2D eigenvalue weighted by Crippen LogP contribution is 2.18. The van der Waals surface area contributed by atoms with Gasteiger partial charge in [0.15, 0.2) is 5.16 Å². The van der Waals surface area contributed by atoms with Crippen LogP contribution in [0.2, 0.25) is 0 Å². The van der Waals surface area contributed by atoms with Gasteiger partial charge in [0.05, 0.1) is 11.0 Å². The molecule has 1 heterocycles. The Bertz CT molecular complexity index is 434. The van der Waals surface area contributed by atoms with E-state index in [9.17, 15) is 0 Å². The molecule has 0 bridgehead atoms. The molecule has 1 aromatic carbocycles. The molecule has 0 aliphatic carbocycles. The number of unbranched alkanes of at least 4 members (excludes halogenated alkanes) is 1. The number of nitrogens with zero attached hydrogens (tertiary/aromatic N) is 2. The number of hydrogen-bond donors (Lipinski definition) is 1. The lowest BCUT2D eigenvalue weighted by atomic mass is 10.3. The normalized spacial score (nSPS) is 11.0. The van der Waals surface area contributed by atoms with Crippen molar-refractivity contribution in [1.82, 2.24) is 9.55 Å². The second kappa shape index (κ2) is 4.05. The third kappa shape index (κ3) is 1.64. The Balaban J connectivity index is 2.45. The average molecular weight is 206 g/mol. The van der Waals surface area contributed by atoms with Crippen LogP contribution in [0.25, 0.3) is 11.0 Å². The Morgan fingerprint density at radius 1 is 1.36 bits per heavy atom. The van der Waals surface area contributed by atoms with E-state index >= 15 is 0 Å². The summed E-state index contributed by atoms with van der Waals surface area (Å²) in [6.45, 7) is 3.20. The van der Waals surface area contributed by atoms with Crippen molar-refractivity contribution in [3.63, 3.8) is 0 Å². The van der Waals surface area contributed by atoms with Crippen LogP contribution in [0.4, 0.5) is 0 Å². The van der Waals surface area contributed by atoms with Gasteiger partial charge in [-0.3, -0.25) is 0 Å². The first-order chi connectivity index (χ1) is 6.83. The van der Waals surface area contributed by atoms with E-state index in [-0.39, 0.29) is 0 Å². The van der Waals surface area contributed by atoms with Gasteiger partial charge in [-0.1, -0.05) is 25.5 Å². The minimum atomic E-state index is 0.819. The lowest BCUT2D eigenvalue weighted by Gasteiger charge is -2.03. The van der Waals surface area contributed by atoms with Gasteiger partial charge in [-0.25, -0.2) is 4.98 Å². The molecule has 0 spiro atoms. The van der Waals surface area contributed by atoms with Crippen LogP contribution in [0, 0.1) is 0 Å². The van der Waals surface area contributed by atoms with Gasteiger partial charge in [-0.2, -0.15) is 0 Å². The molecular formula is C11H14N2S. The first kappa shape index (κ1) is 9.59. The molecule has 0 aliphatic rings. The second-order valence-electron chi connectivity index (χ2n) is 3.41. The largest absolute Gasteiger partial charge is 0.319 e. The maximum Gasteiger partial charge on any atom is 0.165 e. The summed E-state index contributed by atoms with van der Waals surface area (Å²) in [5.74, 6) is 0. The Kier molecular flexibility index (Phi) is 2.77. The Morgan fingerprint density at radius 3 is 2.93 bits per heavy atom. The van der Waals surface area contributed by atoms with Crippen molar-refractivity contribution in [2.75, 3.05) is 0 Å². The molecule has 14 heavy (non-hydrogen) atoms. The van der Waals surface area contributed by atoms with Crippen LogP contribution in [0.15, 0.2) is 29.4 Å². The zero-order chi connectivity index (χ0) is 9.97. The summed E-state index contributed by atoms with van der Waals surface area (Å²) >= 11 is 4.38.